The lowest BCUT2D eigenvalue weighted by Gasteiger charge is -1.98. The Balaban J connectivity index is 2.67. The summed E-state index contributed by atoms with van der Waals surface area (Å²) in [6.07, 6.45) is 0. The lowest BCUT2D eigenvalue weighted by atomic mass is 10.4. The van der Waals surface area contributed by atoms with Gasteiger partial charge in [0.2, 0.25) is 0 Å². The number of carbonyl (C=O) groups excluding carboxylic acids is 2. The fourth-order valence-corrected chi connectivity index (χ4v) is 1.77. The van der Waals surface area contributed by atoms with Crippen LogP contribution < -0.4 is 5.32 Å². The summed E-state index contributed by atoms with van der Waals surface area (Å²) in [5.74, 6) is -0.759. The second kappa shape index (κ2) is 5.47. The van der Waals surface area contributed by atoms with E-state index in [9.17, 15) is 9.59 Å². The molecule has 15 heavy (non-hydrogen) atoms. The molecule has 1 rings (SSSR count). The number of aliphatic hydroxyl groups excluding tert-OH is 1. The highest BCUT2D eigenvalue weighted by Gasteiger charge is 2.13. The molecule has 2 N–H and O–H groups in total. The molecule has 0 aromatic carbocycles. The van der Waals surface area contributed by atoms with Gasteiger partial charge in [0.05, 0.1) is 18.6 Å². The molecule has 1 aromatic heterocycles. The van der Waals surface area contributed by atoms with Crippen LogP contribution in [0.4, 0.5) is 0 Å². The van der Waals surface area contributed by atoms with E-state index in [2.05, 4.69) is 10.1 Å². The largest absolute Gasteiger partial charge is 0.465 e. The predicted octanol–water partition coefficient (Wildman–Crippen LogP) is 0.257. The van der Waals surface area contributed by atoms with Crippen molar-refractivity contribution in [1.82, 2.24) is 5.32 Å². The number of rotatable bonds is 4. The number of ether oxygens (including phenoxy) is 1. The van der Waals surface area contributed by atoms with E-state index in [-0.39, 0.29) is 19.1 Å². The average molecular weight is 229 g/mol. The summed E-state index contributed by atoms with van der Waals surface area (Å²) in [5.41, 5.74) is 0. The fraction of sp³-hybridized carbons (Fsp3) is 0.333. The van der Waals surface area contributed by atoms with Crippen LogP contribution in [0.25, 0.3) is 0 Å². The third-order valence-corrected chi connectivity index (χ3v) is 2.68. The molecule has 0 saturated heterocycles. The zero-order chi connectivity index (χ0) is 11.3. The van der Waals surface area contributed by atoms with Crippen LogP contribution in [0.2, 0.25) is 0 Å². The Hall–Kier alpha value is -1.40. The van der Waals surface area contributed by atoms with E-state index < -0.39 is 5.97 Å². The molecule has 0 radical (unpaired) electrons. The van der Waals surface area contributed by atoms with Gasteiger partial charge in [-0.3, -0.25) is 4.79 Å². The van der Waals surface area contributed by atoms with Gasteiger partial charge < -0.3 is 15.2 Å². The smallest absolute Gasteiger partial charge is 0.348 e. The Morgan fingerprint density at radius 1 is 1.47 bits per heavy atom. The van der Waals surface area contributed by atoms with Crippen LogP contribution in [-0.2, 0) is 4.74 Å². The van der Waals surface area contributed by atoms with Crippen molar-refractivity contribution in [2.75, 3.05) is 20.3 Å². The van der Waals surface area contributed by atoms with Crippen LogP contribution in [0, 0.1) is 0 Å². The number of methoxy groups -OCH3 is 1. The van der Waals surface area contributed by atoms with Crippen molar-refractivity contribution in [3.63, 3.8) is 0 Å². The van der Waals surface area contributed by atoms with E-state index in [4.69, 9.17) is 5.11 Å². The number of thiophene rings is 1. The topological polar surface area (TPSA) is 75.6 Å². The number of carbonyl (C=O) groups is 2. The van der Waals surface area contributed by atoms with Crippen molar-refractivity contribution in [1.29, 1.82) is 0 Å². The third kappa shape index (κ3) is 3.03. The Labute approximate surface area is 90.7 Å². The molecular formula is C9H11NO4S. The summed E-state index contributed by atoms with van der Waals surface area (Å²) in [6, 6.07) is 3.08. The molecule has 5 nitrogen and oxygen atoms in total. The minimum Gasteiger partial charge on any atom is -0.465 e. The molecule has 0 atom stereocenters. The van der Waals surface area contributed by atoms with Gasteiger partial charge in [-0.1, -0.05) is 0 Å². The van der Waals surface area contributed by atoms with E-state index in [1.807, 2.05) is 0 Å². The van der Waals surface area contributed by atoms with E-state index in [0.717, 1.165) is 11.3 Å². The summed E-state index contributed by atoms with van der Waals surface area (Å²) in [7, 11) is 1.29. The number of aliphatic hydroxyl groups is 1. The summed E-state index contributed by atoms with van der Waals surface area (Å²) >= 11 is 1.06. The highest BCUT2D eigenvalue weighted by molar-refractivity contribution is 7.15. The van der Waals surface area contributed by atoms with Crippen molar-refractivity contribution >= 4 is 23.2 Å². The number of hydrogen-bond donors (Lipinski definition) is 2. The Bertz CT molecular complexity index is 361. The lowest BCUT2D eigenvalue weighted by Crippen LogP contribution is -2.25. The van der Waals surface area contributed by atoms with Gasteiger partial charge in [0.25, 0.3) is 5.91 Å². The second-order valence-electron chi connectivity index (χ2n) is 2.63. The molecule has 0 unspecified atom stereocenters. The first-order chi connectivity index (χ1) is 7.19. The maximum Gasteiger partial charge on any atom is 0.348 e. The van der Waals surface area contributed by atoms with Crippen molar-refractivity contribution < 1.29 is 19.4 Å². The predicted molar refractivity (Wildman–Crippen MR) is 55.1 cm³/mol. The second-order valence-corrected chi connectivity index (χ2v) is 3.72. The first-order valence-electron chi connectivity index (χ1n) is 4.26. The van der Waals surface area contributed by atoms with Crippen LogP contribution in [0.5, 0.6) is 0 Å². The number of nitrogens with one attached hydrogen (secondary N) is 1. The van der Waals surface area contributed by atoms with Crippen LogP contribution >= 0.6 is 11.3 Å². The summed E-state index contributed by atoms with van der Waals surface area (Å²) in [6.45, 7) is 0.0886. The van der Waals surface area contributed by atoms with Crippen LogP contribution in [0.3, 0.4) is 0 Å². The molecule has 1 amide bonds. The summed E-state index contributed by atoms with van der Waals surface area (Å²) in [5, 5.41) is 11.0. The van der Waals surface area contributed by atoms with Gasteiger partial charge in [-0.15, -0.1) is 11.3 Å². The first-order valence-corrected chi connectivity index (χ1v) is 5.08. The Morgan fingerprint density at radius 3 is 2.73 bits per heavy atom. The van der Waals surface area contributed by atoms with Gasteiger partial charge in [0.1, 0.15) is 4.88 Å². The molecule has 1 aromatic rings. The minimum absolute atomic E-state index is 0.110. The first kappa shape index (κ1) is 11.7. The van der Waals surface area contributed by atoms with Crippen molar-refractivity contribution in [2.24, 2.45) is 0 Å². The van der Waals surface area contributed by atoms with E-state index >= 15 is 0 Å². The van der Waals surface area contributed by atoms with Crippen LogP contribution in [0.15, 0.2) is 12.1 Å². The standard InChI is InChI=1S/C9H11NO4S/c1-14-9(13)7-3-2-6(15-7)8(12)10-4-5-11/h2-3,11H,4-5H2,1H3,(H,10,12). The van der Waals surface area contributed by atoms with Crippen LogP contribution in [0.1, 0.15) is 19.3 Å². The molecule has 6 heteroatoms. The van der Waals surface area contributed by atoms with E-state index in [1.54, 1.807) is 6.07 Å². The quantitative estimate of drug-likeness (QED) is 0.726. The summed E-state index contributed by atoms with van der Waals surface area (Å²) in [4.78, 5) is 23.2. The van der Waals surface area contributed by atoms with Crippen LogP contribution in [-0.4, -0.2) is 37.2 Å². The fourth-order valence-electron chi connectivity index (χ4n) is 0.927. The van der Waals surface area contributed by atoms with Gasteiger partial charge in [0.15, 0.2) is 0 Å². The van der Waals surface area contributed by atoms with Crippen molar-refractivity contribution in [3.8, 4) is 0 Å². The zero-order valence-corrected chi connectivity index (χ0v) is 8.97. The highest BCUT2D eigenvalue weighted by atomic mass is 32.1. The highest BCUT2D eigenvalue weighted by Crippen LogP contribution is 2.16. The number of amides is 1. The molecule has 0 spiro atoms. The molecule has 0 fully saturated rings. The molecule has 82 valence electrons. The van der Waals surface area contributed by atoms with E-state index in [0.29, 0.717) is 9.75 Å². The van der Waals surface area contributed by atoms with Gasteiger partial charge >= 0.3 is 5.97 Å². The maximum absolute atomic E-state index is 11.4. The molecular weight excluding hydrogens is 218 g/mol. The normalized spacial score (nSPS) is 9.73. The Morgan fingerprint density at radius 2 is 2.13 bits per heavy atom. The van der Waals surface area contributed by atoms with Gasteiger partial charge in [-0.05, 0) is 12.1 Å². The summed E-state index contributed by atoms with van der Waals surface area (Å²) < 4.78 is 4.51. The van der Waals surface area contributed by atoms with E-state index in [1.165, 1.54) is 13.2 Å². The zero-order valence-electron chi connectivity index (χ0n) is 8.15. The SMILES string of the molecule is COC(=O)c1ccc(C(=O)NCCO)s1. The molecule has 0 aliphatic rings. The van der Waals surface area contributed by atoms with Gasteiger partial charge in [-0.25, -0.2) is 4.79 Å². The van der Waals surface area contributed by atoms with Gasteiger partial charge in [-0.2, -0.15) is 0 Å². The molecule has 0 aliphatic carbocycles. The third-order valence-electron chi connectivity index (χ3n) is 1.61. The van der Waals surface area contributed by atoms with Crippen molar-refractivity contribution in [3.05, 3.63) is 21.9 Å². The molecule has 0 aliphatic heterocycles. The average Bonchev–Trinajstić information content (AvgIpc) is 2.74. The van der Waals surface area contributed by atoms with Gasteiger partial charge in [0, 0.05) is 6.54 Å². The molecule has 1 heterocycles. The Kier molecular flexibility index (Phi) is 4.26. The molecule has 0 saturated carbocycles. The lowest BCUT2D eigenvalue weighted by molar-refractivity contribution is 0.0606. The number of hydrogen-bond acceptors (Lipinski definition) is 5. The monoisotopic (exact) mass is 229 g/mol. The molecule has 0 bridgehead atoms. The van der Waals surface area contributed by atoms with Crippen molar-refractivity contribution in [2.45, 2.75) is 0 Å². The minimum atomic E-state index is -0.457. The maximum atomic E-state index is 11.4. The number of esters is 1.